The third kappa shape index (κ3) is 3.08. The number of nitriles is 1. The first kappa shape index (κ1) is 12.6. The van der Waals surface area contributed by atoms with Gasteiger partial charge in [-0.25, -0.2) is 4.39 Å². The number of rotatable bonds is 4. The zero-order valence-corrected chi connectivity index (χ0v) is 10.2. The van der Waals surface area contributed by atoms with Crippen molar-refractivity contribution < 1.29 is 4.39 Å². The maximum Gasteiger partial charge on any atom is 0.143 e. The maximum absolute atomic E-state index is 13.4. The van der Waals surface area contributed by atoms with E-state index in [-0.39, 0.29) is 5.56 Å². The third-order valence-electron chi connectivity index (χ3n) is 3.04. The average Bonchev–Trinajstić information content (AvgIpc) is 2.40. The summed E-state index contributed by atoms with van der Waals surface area (Å²) >= 11 is 0. The van der Waals surface area contributed by atoms with Gasteiger partial charge in [0.05, 0.1) is 5.69 Å². The lowest BCUT2D eigenvalue weighted by atomic mass is 10.1. The van der Waals surface area contributed by atoms with Gasteiger partial charge in [-0.1, -0.05) is 17.7 Å². The van der Waals surface area contributed by atoms with Crippen LogP contribution in [0.4, 0.5) is 10.1 Å². The summed E-state index contributed by atoms with van der Waals surface area (Å²) in [6.07, 6.45) is 4.20. The third-order valence-corrected chi connectivity index (χ3v) is 3.04. The minimum absolute atomic E-state index is 0.0943. The molecule has 0 spiro atoms. The van der Waals surface area contributed by atoms with Crippen LogP contribution in [0.2, 0.25) is 0 Å². The molecule has 0 fully saturated rings. The fourth-order valence-electron chi connectivity index (χ4n) is 2.04. The van der Waals surface area contributed by atoms with E-state index in [4.69, 9.17) is 5.26 Å². The molecule has 2 rings (SSSR count). The first-order valence-corrected chi connectivity index (χ1v) is 6.12. The number of nitrogens with one attached hydrogen (secondary N) is 2. The Labute approximate surface area is 106 Å². The van der Waals surface area contributed by atoms with E-state index in [0.29, 0.717) is 5.69 Å². The quantitative estimate of drug-likeness (QED) is 0.801. The van der Waals surface area contributed by atoms with E-state index in [0.717, 1.165) is 32.5 Å². The van der Waals surface area contributed by atoms with Gasteiger partial charge in [-0.05, 0) is 31.5 Å². The van der Waals surface area contributed by atoms with Crippen LogP contribution in [-0.4, -0.2) is 19.6 Å². The molecule has 4 heteroatoms. The van der Waals surface area contributed by atoms with Gasteiger partial charge in [0.15, 0.2) is 0 Å². The Morgan fingerprint density at radius 1 is 1.44 bits per heavy atom. The predicted octanol–water partition coefficient (Wildman–Crippen LogP) is 2.42. The summed E-state index contributed by atoms with van der Waals surface area (Å²) in [6.45, 7) is 2.68. The SMILES string of the molecule is N#Cc1c(F)cccc1NCCC1=CCNCC1. The Balaban J connectivity index is 1.92. The van der Waals surface area contributed by atoms with Crippen molar-refractivity contribution in [1.82, 2.24) is 5.32 Å². The highest BCUT2D eigenvalue weighted by atomic mass is 19.1. The van der Waals surface area contributed by atoms with E-state index in [9.17, 15) is 4.39 Å². The number of hydrogen-bond acceptors (Lipinski definition) is 3. The number of anilines is 1. The molecule has 0 unspecified atom stereocenters. The normalized spacial score (nSPS) is 14.8. The second-order valence-electron chi connectivity index (χ2n) is 4.27. The summed E-state index contributed by atoms with van der Waals surface area (Å²) in [5, 5.41) is 15.3. The molecule has 0 saturated heterocycles. The standard InChI is InChI=1S/C14H16FN3/c15-13-2-1-3-14(12(13)10-16)18-9-6-11-4-7-17-8-5-11/h1-4,17-18H,5-9H2. The molecule has 0 aromatic heterocycles. The molecule has 2 N–H and O–H groups in total. The summed E-state index contributed by atoms with van der Waals surface area (Å²) in [5.41, 5.74) is 2.08. The van der Waals surface area contributed by atoms with Crippen LogP contribution in [0, 0.1) is 17.1 Å². The number of halogens is 1. The molecule has 0 atom stereocenters. The monoisotopic (exact) mass is 245 g/mol. The first-order valence-electron chi connectivity index (χ1n) is 6.12. The highest BCUT2D eigenvalue weighted by molar-refractivity contribution is 5.57. The van der Waals surface area contributed by atoms with Gasteiger partial charge >= 0.3 is 0 Å². The molecule has 3 nitrogen and oxygen atoms in total. The van der Waals surface area contributed by atoms with Crippen LogP contribution in [0.25, 0.3) is 0 Å². The van der Waals surface area contributed by atoms with E-state index in [1.165, 1.54) is 11.6 Å². The molecule has 0 aliphatic carbocycles. The summed E-state index contributed by atoms with van der Waals surface area (Å²) in [4.78, 5) is 0. The summed E-state index contributed by atoms with van der Waals surface area (Å²) < 4.78 is 13.4. The highest BCUT2D eigenvalue weighted by Gasteiger charge is 2.07. The highest BCUT2D eigenvalue weighted by Crippen LogP contribution is 2.18. The number of nitrogens with zero attached hydrogens (tertiary/aromatic N) is 1. The molecule has 0 radical (unpaired) electrons. The summed E-state index contributed by atoms with van der Waals surface area (Å²) in [5.74, 6) is -0.469. The molecule has 18 heavy (non-hydrogen) atoms. The van der Waals surface area contributed by atoms with Gasteiger partial charge in [0.1, 0.15) is 17.4 Å². The van der Waals surface area contributed by atoms with Crippen molar-refractivity contribution in [3.05, 3.63) is 41.2 Å². The number of hydrogen-bond donors (Lipinski definition) is 2. The van der Waals surface area contributed by atoms with Crippen molar-refractivity contribution in [2.75, 3.05) is 25.0 Å². The fourth-order valence-corrected chi connectivity index (χ4v) is 2.04. The zero-order chi connectivity index (χ0) is 12.8. The Hall–Kier alpha value is -1.86. The van der Waals surface area contributed by atoms with Crippen LogP contribution in [0.5, 0.6) is 0 Å². The van der Waals surface area contributed by atoms with Crippen LogP contribution < -0.4 is 10.6 Å². The molecule has 1 aromatic carbocycles. The van der Waals surface area contributed by atoms with Crippen molar-refractivity contribution in [1.29, 1.82) is 5.26 Å². The summed E-state index contributed by atoms with van der Waals surface area (Å²) in [7, 11) is 0. The molecule has 0 amide bonds. The van der Waals surface area contributed by atoms with Crippen LogP contribution in [0.1, 0.15) is 18.4 Å². The van der Waals surface area contributed by atoms with Crippen molar-refractivity contribution >= 4 is 5.69 Å². The van der Waals surface area contributed by atoms with E-state index >= 15 is 0 Å². The van der Waals surface area contributed by atoms with Crippen LogP contribution in [0.15, 0.2) is 29.8 Å². The van der Waals surface area contributed by atoms with E-state index in [1.807, 2.05) is 6.07 Å². The minimum atomic E-state index is -0.469. The lowest BCUT2D eigenvalue weighted by molar-refractivity contribution is 0.624. The second-order valence-corrected chi connectivity index (χ2v) is 4.27. The van der Waals surface area contributed by atoms with E-state index in [1.54, 1.807) is 12.1 Å². The maximum atomic E-state index is 13.4. The van der Waals surface area contributed by atoms with E-state index in [2.05, 4.69) is 16.7 Å². The Morgan fingerprint density at radius 3 is 3.06 bits per heavy atom. The van der Waals surface area contributed by atoms with Crippen molar-refractivity contribution in [2.24, 2.45) is 0 Å². The van der Waals surface area contributed by atoms with Crippen LogP contribution in [-0.2, 0) is 0 Å². The predicted molar refractivity (Wildman–Crippen MR) is 69.8 cm³/mol. The Bertz CT molecular complexity index is 488. The lowest BCUT2D eigenvalue weighted by Crippen LogP contribution is -2.21. The Kier molecular flexibility index (Phi) is 4.32. The molecule has 1 aliphatic rings. The van der Waals surface area contributed by atoms with Crippen molar-refractivity contribution in [3.63, 3.8) is 0 Å². The molecule has 1 aromatic rings. The van der Waals surface area contributed by atoms with Gasteiger partial charge in [-0.15, -0.1) is 0 Å². The van der Waals surface area contributed by atoms with Gasteiger partial charge < -0.3 is 10.6 Å². The zero-order valence-electron chi connectivity index (χ0n) is 10.2. The molecule has 94 valence electrons. The average molecular weight is 245 g/mol. The van der Waals surface area contributed by atoms with Crippen molar-refractivity contribution in [3.8, 4) is 6.07 Å². The number of benzene rings is 1. The van der Waals surface area contributed by atoms with Gasteiger partial charge in [-0.3, -0.25) is 0 Å². The van der Waals surface area contributed by atoms with Gasteiger partial charge in [-0.2, -0.15) is 5.26 Å². The largest absolute Gasteiger partial charge is 0.384 e. The van der Waals surface area contributed by atoms with Gasteiger partial charge in [0.25, 0.3) is 0 Å². The topological polar surface area (TPSA) is 47.9 Å². The molecule has 1 aliphatic heterocycles. The molecular weight excluding hydrogens is 229 g/mol. The second kappa shape index (κ2) is 6.18. The van der Waals surface area contributed by atoms with E-state index < -0.39 is 5.82 Å². The van der Waals surface area contributed by atoms with Gasteiger partial charge in [0.2, 0.25) is 0 Å². The van der Waals surface area contributed by atoms with Crippen LogP contribution in [0.3, 0.4) is 0 Å². The van der Waals surface area contributed by atoms with Crippen molar-refractivity contribution in [2.45, 2.75) is 12.8 Å². The van der Waals surface area contributed by atoms with Crippen LogP contribution >= 0.6 is 0 Å². The molecule has 0 bridgehead atoms. The lowest BCUT2D eigenvalue weighted by Gasteiger charge is -2.15. The Morgan fingerprint density at radius 2 is 2.33 bits per heavy atom. The minimum Gasteiger partial charge on any atom is -0.384 e. The molecule has 1 heterocycles. The van der Waals surface area contributed by atoms with Gasteiger partial charge in [0, 0.05) is 13.1 Å². The molecular formula is C14H16FN3. The smallest absolute Gasteiger partial charge is 0.143 e. The first-order chi connectivity index (χ1) is 8.81. The molecule has 0 saturated carbocycles. The fraction of sp³-hybridized carbons (Fsp3) is 0.357. The summed E-state index contributed by atoms with van der Waals surface area (Å²) in [6, 6.07) is 6.54.